The van der Waals surface area contributed by atoms with Crippen molar-refractivity contribution in [3.63, 3.8) is 0 Å². The van der Waals surface area contributed by atoms with Gasteiger partial charge in [0.1, 0.15) is 5.69 Å². The predicted octanol–water partition coefficient (Wildman–Crippen LogP) is -0.309. The largest absolute Gasteiger partial charge is 0.479 e. The van der Waals surface area contributed by atoms with Crippen molar-refractivity contribution in [3.8, 4) is 5.88 Å². The number of nitrogens with two attached hydrogens (primary N) is 2. The van der Waals surface area contributed by atoms with E-state index in [4.69, 9.17) is 16.2 Å². The Labute approximate surface area is 69.9 Å². The molecular formula is C6H11N5O. The van der Waals surface area contributed by atoms with Crippen LogP contribution < -0.4 is 21.5 Å². The van der Waals surface area contributed by atoms with E-state index in [2.05, 4.69) is 15.3 Å². The van der Waals surface area contributed by atoms with Gasteiger partial charge in [-0.05, 0) is 0 Å². The van der Waals surface area contributed by atoms with Gasteiger partial charge in [0.15, 0.2) is 5.82 Å². The van der Waals surface area contributed by atoms with Crippen LogP contribution in [0, 0.1) is 0 Å². The summed E-state index contributed by atoms with van der Waals surface area (Å²) in [5, 5.41) is 2.77. The van der Waals surface area contributed by atoms with Gasteiger partial charge in [0.2, 0.25) is 11.8 Å². The number of nitrogen functional groups attached to an aromatic ring is 2. The maximum atomic E-state index is 5.61. The fourth-order valence-electron chi connectivity index (χ4n) is 0.811. The smallest absolute Gasteiger partial charge is 0.244 e. The highest BCUT2D eigenvalue weighted by Crippen LogP contribution is 2.25. The highest BCUT2D eigenvalue weighted by molar-refractivity contribution is 5.68. The molecule has 1 heterocycles. The van der Waals surface area contributed by atoms with Gasteiger partial charge in [-0.2, -0.15) is 9.97 Å². The summed E-state index contributed by atoms with van der Waals surface area (Å²) in [6.07, 6.45) is 0. The van der Waals surface area contributed by atoms with Gasteiger partial charge in [0, 0.05) is 7.05 Å². The van der Waals surface area contributed by atoms with E-state index in [-0.39, 0.29) is 11.8 Å². The molecule has 6 nitrogen and oxygen atoms in total. The molecular weight excluding hydrogens is 158 g/mol. The lowest BCUT2D eigenvalue weighted by Crippen LogP contribution is -2.06. The first-order valence-corrected chi connectivity index (χ1v) is 3.33. The molecule has 0 saturated carbocycles. The molecule has 0 bridgehead atoms. The fourth-order valence-corrected chi connectivity index (χ4v) is 0.811. The number of nitrogens with one attached hydrogen (secondary N) is 1. The molecule has 6 heteroatoms. The Hall–Kier alpha value is -1.72. The second kappa shape index (κ2) is 3.12. The highest BCUT2D eigenvalue weighted by atomic mass is 16.5. The Kier molecular flexibility index (Phi) is 2.18. The Balaban J connectivity index is 3.22. The quantitative estimate of drug-likeness (QED) is 0.561. The van der Waals surface area contributed by atoms with Gasteiger partial charge in [0.25, 0.3) is 0 Å². The van der Waals surface area contributed by atoms with Crippen LogP contribution in [0.15, 0.2) is 0 Å². The zero-order valence-electron chi connectivity index (χ0n) is 6.96. The zero-order valence-corrected chi connectivity index (χ0v) is 6.96. The lowest BCUT2D eigenvalue weighted by molar-refractivity contribution is 0.400. The first-order valence-electron chi connectivity index (χ1n) is 3.33. The molecule has 0 atom stereocenters. The fraction of sp³-hybridized carbons (Fsp3) is 0.333. The van der Waals surface area contributed by atoms with Crippen molar-refractivity contribution in [1.29, 1.82) is 0 Å². The summed E-state index contributed by atoms with van der Waals surface area (Å²) >= 11 is 0. The second-order valence-electron chi connectivity index (χ2n) is 2.10. The van der Waals surface area contributed by atoms with Crippen LogP contribution in [-0.4, -0.2) is 24.1 Å². The van der Waals surface area contributed by atoms with E-state index in [9.17, 15) is 0 Å². The van der Waals surface area contributed by atoms with E-state index < -0.39 is 0 Å². The number of nitrogens with zero attached hydrogens (tertiary/aromatic N) is 2. The van der Waals surface area contributed by atoms with Crippen molar-refractivity contribution in [2.45, 2.75) is 0 Å². The molecule has 0 aliphatic carbocycles. The third-order valence-electron chi connectivity index (χ3n) is 1.36. The van der Waals surface area contributed by atoms with Gasteiger partial charge in [-0.3, -0.25) is 0 Å². The van der Waals surface area contributed by atoms with Crippen LogP contribution in [0.25, 0.3) is 0 Å². The molecule has 0 spiro atoms. The summed E-state index contributed by atoms with van der Waals surface area (Å²) in [7, 11) is 3.16. The maximum absolute atomic E-state index is 5.61. The number of methoxy groups -OCH3 is 1. The van der Waals surface area contributed by atoms with Crippen LogP contribution in [0.1, 0.15) is 0 Å². The van der Waals surface area contributed by atoms with Crippen LogP contribution in [0.4, 0.5) is 17.5 Å². The third-order valence-corrected chi connectivity index (χ3v) is 1.36. The molecule has 5 N–H and O–H groups in total. The topological polar surface area (TPSA) is 99.1 Å². The first kappa shape index (κ1) is 8.38. The number of aromatic nitrogens is 2. The molecule has 66 valence electrons. The van der Waals surface area contributed by atoms with Crippen LogP contribution >= 0.6 is 0 Å². The summed E-state index contributed by atoms with van der Waals surface area (Å²) in [5.41, 5.74) is 11.3. The second-order valence-corrected chi connectivity index (χ2v) is 2.10. The molecule has 0 saturated heterocycles. The summed E-state index contributed by atoms with van der Waals surface area (Å²) in [5.74, 6) is 0.886. The van der Waals surface area contributed by atoms with Gasteiger partial charge < -0.3 is 21.5 Å². The van der Waals surface area contributed by atoms with Crippen LogP contribution in [0.5, 0.6) is 5.88 Å². The molecule has 0 aliphatic rings. The number of anilines is 3. The van der Waals surface area contributed by atoms with Crippen molar-refractivity contribution in [2.24, 2.45) is 0 Å². The minimum Gasteiger partial charge on any atom is -0.479 e. The molecule has 0 radical (unpaired) electrons. The third kappa shape index (κ3) is 1.31. The van der Waals surface area contributed by atoms with Crippen molar-refractivity contribution in [2.75, 3.05) is 30.9 Å². The SMILES string of the molecule is CNc1nc(N)nc(OC)c1N. The summed E-state index contributed by atoms with van der Waals surface area (Å²) in [6, 6.07) is 0. The van der Waals surface area contributed by atoms with Crippen molar-refractivity contribution in [1.82, 2.24) is 9.97 Å². The monoisotopic (exact) mass is 169 g/mol. The molecule has 0 aliphatic heterocycles. The Bertz CT molecular complexity index is 262. The normalized spacial score (nSPS) is 9.50. The average Bonchev–Trinajstić information content (AvgIpc) is 2.08. The van der Waals surface area contributed by atoms with Gasteiger partial charge >= 0.3 is 0 Å². The van der Waals surface area contributed by atoms with E-state index >= 15 is 0 Å². The van der Waals surface area contributed by atoms with E-state index in [0.29, 0.717) is 11.5 Å². The van der Waals surface area contributed by atoms with E-state index in [1.807, 2.05) is 0 Å². The Morgan fingerprint density at radius 2 is 2.00 bits per heavy atom. The molecule has 0 unspecified atom stereocenters. The predicted molar refractivity (Wildman–Crippen MR) is 47.0 cm³/mol. The number of rotatable bonds is 2. The Morgan fingerprint density at radius 3 is 2.50 bits per heavy atom. The minimum absolute atomic E-state index is 0.130. The van der Waals surface area contributed by atoms with Gasteiger partial charge in [-0.1, -0.05) is 0 Å². The van der Waals surface area contributed by atoms with E-state index in [0.717, 1.165) is 0 Å². The summed E-state index contributed by atoms with van der Waals surface area (Å²) in [4.78, 5) is 7.63. The highest BCUT2D eigenvalue weighted by Gasteiger charge is 2.08. The lowest BCUT2D eigenvalue weighted by atomic mass is 10.4. The lowest BCUT2D eigenvalue weighted by Gasteiger charge is -2.07. The van der Waals surface area contributed by atoms with Crippen LogP contribution in [-0.2, 0) is 0 Å². The van der Waals surface area contributed by atoms with Crippen molar-refractivity contribution < 1.29 is 4.74 Å². The number of hydrogen-bond acceptors (Lipinski definition) is 6. The van der Waals surface area contributed by atoms with Crippen molar-refractivity contribution in [3.05, 3.63) is 0 Å². The number of ether oxygens (including phenoxy) is 1. The minimum atomic E-state index is 0.130. The average molecular weight is 169 g/mol. The van der Waals surface area contributed by atoms with Gasteiger partial charge in [-0.25, -0.2) is 0 Å². The van der Waals surface area contributed by atoms with Crippen molar-refractivity contribution >= 4 is 17.5 Å². The standard InChI is InChI=1S/C6H11N5O/c1-9-4-3(7)5(12-2)11-6(8)10-4/h7H2,1-2H3,(H3,8,9,10,11). The zero-order chi connectivity index (χ0) is 9.14. The molecule has 1 aromatic heterocycles. The molecule has 1 aromatic rings. The summed E-state index contributed by atoms with van der Waals surface area (Å²) in [6.45, 7) is 0. The van der Waals surface area contributed by atoms with E-state index in [1.54, 1.807) is 7.05 Å². The molecule has 0 amide bonds. The number of hydrogen-bond donors (Lipinski definition) is 3. The summed E-state index contributed by atoms with van der Waals surface area (Å²) < 4.78 is 4.87. The molecule has 12 heavy (non-hydrogen) atoms. The van der Waals surface area contributed by atoms with Crippen LogP contribution in [0.3, 0.4) is 0 Å². The van der Waals surface area contributed by atoms with Gasteiger partial charge in [-0.15, -0.1) is 0 Å². The molecule has 0 fully saturated rings. The molecule has 1 rings (SSSR count). The Morgan fingerprint density at radius 1 is 1.33 bits per heavy atom. The van der Waals surface area contributed by atoms with E-state index in [1.165, 1.54) is 7.11 Å². The van der Waals surface area contributed by atoms with Gasteiger partial charge in [0.05, 0.1) is 7.11 Å². The molecule has 0 aromatic carbocycles. The maximum Gasteiger partial charge on any atom is 0.244 e. The van der Waals surface area contributed by atoms with Crippen LogP contribution in [0.2, 0.25) is 0 Å². The first-order chi connectivity index (χ1) is 5.69.